The summed E-state index contributed by atoms with van der Waals surface area (Å²) in [5.74, 6) is 0.897. The van der Waals surface area contributed by atoms with Crippen molar-refractivity contribution in [3.8, 4) is 0 Å². The van der Waals surface area contributed by atoms with Gasteiger partial charge in [-0.1, -0.05) is 6.07 Å². The standard InChI is InChI=1S/C14H19N3O2S/c1-10-5-6-12(20(4,18)19)9-13(10)16-11(2)14-15-7-8-17(14)3/h5-9,11,16H,1-4H3. The van der Waals surface area contributed by atoms with Crippen LogP contribution in [0.4, 0.5) is 5.69 Å². The van der Waals surface area contributed by atoms with Gasteiger partial charge in [-0.25, -0.2) is 13.4 Å². The van der Waals surface area contributed by atoms with Crippen LogP contribution in [0.5, 0.6) is 0 Å². The van der Waals surface area contributed by atoms with E-state index in [1.54, 1.807) is 18.3 Å². The Hall–Kier alpha value is -1.82. The molecule has 0 saturated carbocycles. The lowest BCUT2D eigenvalue weighted by molar-refractivity contribution is 0.602. The van der Waals surface area contributed by atoms with Crippen LogP contribution in [0.2, 0.25) is 0 Å². The highest BCUT2D eigenvalue weighted by Gasteiger charge is 2.14. The van der Waals surface area contributed by atoms with E-state index in [0.717, 1.165) is 17.1 Å². The number of rotatable bonds is 4. The summed E-state index contributed by atoms with van der Waals surface area (Å²) in [6.45, 7) is 3.94. The quantitative estimate of drug-likeness (QED) is 0.939. The summed E-state index contributed by atoms with van der Waals surface area (Å²) in [6, 6.07) is 5.10. The molecule has 0 fully saturated rings. The van der Waals surface area contributed by atoms with Crippen LogP contribution >= 0.6 is 0 Å². The summed E-state index contributed by atoms with van der Waals surface area (Å²) in [7, 11) is -1.27. The molecule has 5 nitrogen and oxygen atoms in total. The molecule has 108 valence electrons. The molecule has 2 rings (SSSR count). The van der Waals surface area contributed by atoms with Gasteiger partial charge in [0, 0.05) is 31.4 Å². The number of sulfone groups is 1. The van der Waals surface area contributed by atoms with Crippen LogP contribution in [0.15, 0.2) is 35.5 Å². The second kappa shape index (κ2) is 5.28. The normalized spacial score (nSPS) is 13.2. The molecule has 1 heterocycles. The molecule has 1 N–H and O–H groups in total. The van der Waals surface area contributed by atoms with Gasteiger partial charge in [-0.15, -0.1) is 0 Å². The molecule has 0 spiro atoms. The number of nitrogens with one attached hydrogen (secondary N) is 1. The maximum atomic E-state index is 11.6. The molecule has 0 saturated heterocycles. The summed E-state index contributed by atoms with van der Waals surface area (Å²) in [5.41, 5.74) is 1.81. The molecular formula is C14H19N3O2S. The molecule has 1 aromatic carbocycles. The maximum Gasteiger partial charge on any atom is 0.175 e. The Morgan fingerprint density at radius 3 is 2.60 bits per heavy atom. The fraction of sp³-hybridized carbons (Fsp3) is 0.357. The Labute approximate surface area is 119 Å². The molecule has 0 amide bonds. The lowest BCUT2D eigenvalue weighted by Crippen LogP contribution is -2.13. The largest absolute Gasteiger partial charge is 0.375 e. The number of aromatic nitrogens is 2. The number of hydrogen-bond donors (Lipinski definition) is 1. The van der Waals surface area contributed by atoms with Gasteiger partial charge in [0.1, 0.15) is 5.82 Å². The van der Waals surface area contributed by atoms with Gasteiger partial charge >= 0.3 is 0 Å². The van der Waals surface area contributed by atoms with E-state index in [0.29, 0.717) is 4.90 Å². The molecule has 1 unspecified atom stereocenters. The maximum absolute atomic E-state index is 11.6. The Morgan fingerprint density at radius 1 is 1.35 bits per heavy atom. The van der Waals surface area contributed by atoms with Crippen LogP contribution in [0.25, 0.3) is 0 Å². The average molecular weight is 293 g/mol. The van der Waals surface area contributed by atoms with Crippen molar-refractivity contribution >= 4 is 15.5 Å². The highest BCUT2D eigenvalue weighted by molar-refractivity contribution is 7.90. The Balaban J connectivity index is 2.32. The van der Waals surface area contributed by atoms with Crippen LogP contribution in [-0.2, 0) is 16.9 Å². The number of hydrogen-bond acceptors (Lipinski definition) is 4. The molecule has 0 aliphatic rings. The molecule has 20 heavy (non-hydrogen) atoms. The molecular weight excluding hydrogens is 274 g/mol. The summed E-state index contributed by atoms with van der Waals surface area (Å²) < 4.78 is 25.2. The van der Waals surface area contributed by atoms with Gasteiger partial charge in [0.2, 0.25) is 0 Å². The van der Waals surface area contributed by atoms with Gasteiger partial charge in [0.15, 0.2) is 9.84 Å². The van der Waals surface area contributed by atoms with Gasteiger partial charge in [-0.2, -0.15) is 0 Å². The van der Waals surface area contributed by atoms with Crippen LogP contribution in [0, 0.1) is 6.92 Å². The van der Waals surface area contributed by atoms with Crippen molar-refractivity contribution in [3.05, 3.63) is 42.0 Å². The molecule has 1 atom stereocenters. The molecule has 6 heteroatoms. The first kappa shape index (κ1) is 14.6. The smallest absolute Gasteiger partial charge is 0.175 e. The molecule has 0 radical (unpaired) electrons. The van der Waals surface area contributed by atoms with E-state index < -0.39 is 9.84 Å². The molecule has 1 aromatic heterocycles. The summed E-state index contributed by atoms with van der Waals surface area (Å²) in [6.07, 6.45) is 4.84. The highest BCUT2D eigenvalue weighted by Crippen LogP contribution is 2.24. The van der Waals surface area contributed by atoms with Crippen molar-refractivity contribution in [3.63, 3.8) is 0 Å². The zero-order chi connectivity index (χ0) is 14.9. The predicted octanol–water partition coefficient (Wildman–Crippen LogP) is 2.31. The minimum atomic E-state index is -3.20. The fourth-order valence-corrected chi connectivity index (χ4v) is 2.73. The average Bonchev–Trinajstić information content (AvgIpc) is 2.77. The fourth-order valence-electron chi connectivity index (χ4n) is 2.08. The van der Waals surface area contributed by atoms with Crippen LogP contribution < -0.4 is 5.32 Å². The summed E-state index contributed by atoms with van der Waals surface area (Å²) in [5, 5.41) is 3.32. The monoisotopic (exact) mass is 293 g/mol. The Kier molecular flexibility index (Phi) is 3.85. The molecule has 2 aromatic rings. The summed E-state index contributed by atoms with van der Waals surface area (Å²) in [4.78, 5) is 4.61. The number of imidazole rings is 1. The Morgan fingerprint density at radius 2 is 2.05 bits per heavy atom. The van der Waals surface area contributed by atoms with Crippen molar-refractivity contribution < 1.29 is 8.42 Å². The first-order valence-corrected chi connectivity index (χ1v) is 8.22. The third-order valence-electron chi connectivity index (χ3n) is 3.25. The van der Waals surface area contributed by atoms with Crippen molar-refractivity contribution in [1.29, 1.82) is 0 Å². The van der Waals surface area contributed by atoms with Crippen LogP contribution in [0.1, 0.15) is 24.4 Å². The van der Waals surface area contributed by atoms with Gasteiger partial charge in [0.05, 0.1) is 10.9 Å². The van der Waals surface area contributed by atoms with Crippen molar-refractivity contribution in [2.45, 2.75) is 24.8 Å². The highest BCUT2D eigenvalue weighted by atomic mass is 32.2. The first-order valence-electron chi connectivity index (χ1n) is 6.33. The number of anilines is 1. The van der Waals surface area contributed by atoms with Crippen LogP contribution in [-0.4, -0.2) is 24.2 Å². The SMILES string of the molecule is Cc1ccc(S(C)(=O)=O)cc1NC(C)c1nccn1C. The molecule has 0 bridgehead atoms. The second-order valence-electron chi connectivity index (χ2n) is 5.01. The van der Waals surface area contributed by atoms with E-state index >= 15 is 0 Å². The second-order valence-corrected chi connectivity index (χ2v) is 7.03. The zero-order valence-corrected chi connectivity index (χ0v) is 12.9. The van der Waals surface area contributed by atoms with E-state index in [4.69, 9.17) is 0 Å². The third-order valence-corrected chi connectivity index (χ3v) is 4.37. The van der Waals surface area contributed by atoms with E-state index in [9.17, 15) is 8.42 Å². The number of nitrogens with zero attached hydrogens (tertiary/aromatic N) is 2. The zero-order valence-electron chi connectivity index (χ0n) is 12.1. The van der Waals surface area contributed by atoms with E-state index in [-0.39, 0.29) is 6.04 Å². The van der Waals surface area contributed by atoms with E-state index in [1.165, 1.54) is 6.26 Å². The van der Waals surface area contributed by atoms with Gasteiger partial charge in [-0.3, -0.25) is 0 Å². The summed E-state index contributed by atoms with van der Waals surface area (Å²) >= 11 is 0. The predicted molar refractivity (Wildman–Crippen MR) is 79.5 cm³/mol. The van der Waals surface area contributed by atoms with Gasteiger partial charge in [-0.05, 0) is 31.5 Å². The van der Waals surface area contributed by atoms with Crippen LogP contribution in [0.3, 0.4) is 0 Å². The lowest BCUT2D eigenvalue weighted by atomic mass is 10.2. The third kappa shape index (κ3) is 3.01. The first-order chi connectivity index (χ1) is 9.29. The lowest BCUT2D eigenvalue weighted by Gasteiger charge is -2.17. The van der Waals surface area contributed by atoms with E-state index in [2.05, 4.69) is 10.3 Å². The van der Waals surface area contributed by atoms with Gasteiger partial charge < -0.3 is 9.88 Å². The topological polar surface area (TPSA) is 64.0 Å². The molecule has 0 aliphatic heterocycles. The van der Waals surface area contributed by atoms with Crippen molar-refractivity contribution in [2.75, 3.05) is 11.6 Å². The molecule has 0 aliphatic carbocycles. The number of aryl methyl sites for hydroxylation is 2. The number of benzene rings is 1. The van der Waals surface area contributed by atoms with Crippen molar-refractivity contribution in [1.82, 2.24) is 9.55 Å². The van der Waals surface area contributed by atoms with Gasteiger partial charge in [0.25, 0.3) is 0 Å². The Bertz CT molecular complexity index is 720. The minimum Gasteiger partial charge on any atom is -0.375 e. The van der Waals surface area contributed by atoms with E-state index in [1.807, 2.05) is 37.7 Å². The van der Waals surface area contributed by atoms with Crippen molar-refractivity contribution in [2.24, 2.45) is 7.05 Å². The minimum absolute atomic E-state index is 0.0106.